The predicted molar refractivity (Wildman–Crippen MR) is 142 cm³/mol. The van der Waals surface area contributed by atoms with Gasteiger partial charge < -0.3 is 24.1 Å². The number of benzene rings is 2. The van der Waals surface area contributed by atoms with Crippen LogP contribution in [-0.4, -0.2) is 46.3 Å². The van der Waals surface area contributed by atoms with E-state index in [-0.39, 0.29) is 30.4 Å². The van der Waals surface area contributed by atoms with Gasteiger partial charge >= 0.3 is 5.63 Å². The molecule has 4 rings (SSSR count). The van der Waals surface area contributed by atoms with Crippen molar-refractivity contribution in [2.75, 3.05) is 44.0 Å². The summed E-state index contributed by atoms with van der Waals surface area (Å²) in [6, 6.07) is 10.6. The highest BCUT2D eigenvalue weighted by Gasteiger charge is 2.22. The maximum Gasteiger partial charge on any atom is 0.340 e. The van der Waals surface area contributed by atoms with Crippen molar-refractivity contribution in [2.24, 2.45) is 0 Å². The molecule has 36 heavy (non-hydrogen) atoms. The number of hydrogen-bond donors (Lipinski definition) is 3. The SMILES string of the molecule is CNSNc1cccc(Cc2c(CC(=O)NC3CCOCC3)c3ccc(N(C)C)cc3oc2=O)c1F. The number of carbonyl (C=O) groups excluding carboxylic acids is 1. The molecule has 2 heterocycles. The number of rotatable bonds is 9. The van der Waals surface area contributed by atoms with Crippen LogP contribution in [0.25, 0.3) is 11.0 Å². The van der Waals surface area contributed by atoms with Gasteiger partial charge in [-0.05, 0) is 49.2 Å². The number of nitrogens with one attached hydrogen (secondary N) is 3. The molecule has 1 aliphatic rings. The van der Waals surface area contributed by atoms with Gasteiger partial charge in [0.25, 0.3) is 0 Å². The first-order valence-electron chi connectivity index (χ1n) is 11.9. The average molecular weight is 515 g/mol. The van der Waals surface area contributed by atoms with E-state index in [1.165, 1.54) is 0 Å². The molecule has 0 unspecified atom stereocenters. The molecule has 1 saturated heterocycles. The summed E-state index contributed by atoms with van der Waals surface area (Å²) in [6.07, 6.45) is 1.49. The van der Waals surface area contributed by atoms with Crippen LogP contribution in [0.4, 0.5) is 15.8 Å². The van der Waals surface area contributed by atoms with Crippen LogP contribution in [0.3, 0.4) is 0 Å². The maximum absolute atomic E-state index is 15.2. The zero-order valence-corrected chi connectivity index (χ0v) is 21.5. The summed E-state index contributed by atoms with van der Waals surface area (Å²) >= 11 is 1.14. The summed E-state index contributed by atoms with van der Waals surface area (Å²) in [5.74, 6) is -0.645. The van der Waals surface area contributed by atoms with Gasteiger partial charge in [-0.1, -0.05) is 12.1 Å². The molecule has 1 aliphatic heterocycles. The fourth-order valence-electron chi connectivity index (χ4n) is 4.32. The molecule has 0 bridgehead atoms. The number of halogens is 1. The minimum atomic E-state index is -0.574. The van der Waals surface area contributed by atoms with Crippen LogP contribution < -0.4 is 25.3 Å². The van der Waals surface area contributed by atoms with Gasteiger partial charge in [-0.15, -0.1) is 0 Å². The molecule has 8 nitrogen and oxygen atoms in total. The lowest BCUT2D eigenvalue weighted by atomic mass is 9.95. The Morgan fingerprint density at radius 1 is 1.17 bits per heavy atom. The number of carbonyl (C=O) groups is 1. The highest BCUT2D eigenvalue weighted by atomic mass is 32.2. The van der Waals surface area contributed by atoms with Crippen molar-refractivity contribution >= 4 is 40.4 Å². The van der Waals surface area contributed by atoms with Gasteiger partial charge in [0.15, 0.2) is 5.82 Å². The number of amides is 1. The number of nitrogens with zero attached hydrogens (tertiary/aromatic N) is 1. The van der Waals surface area contributed by atoms with Crippen molar-refractivity contribution in [3.63, 3.8) is 0 Å². The Bertz CT molecular complexity index is 1290. The Hall–Kier alpha value is -3.08. The van der Waals surface area contributed by atoms with Crippen molar-refractivity contribution in [3.05, 3.63) is 69.3 Å². The first kappa shape index (κ1) is 26.0. The molecule has 1 fully saturated rings. The lowest BCUT2D eigenvalue weighted by molar-refractivity contribution is -0.121. The van der Waals surface area contributed by atoms with E-state index in [0.29, 0.717) is 41.0 Å². The second-order valence-corrected chi connectivity index (χ2v) is 9.73. The number of ether oxygens (including phenoxy) is 1. The van der Waals surface area contributed by atoms with Crippen molar-refractivity contribution in [2.45, 2.75) is 31.7 Å². The summed E-state index contributed by atoms with van der Waals surface area (Å²) < 4.78 is 32.0. The molecule has 2 aromatic carbocycles. The van der Waals surface area contributed by atoms with Gasteiger partial charge in [-0.2, -0.15) is 0 Å². The zero-order chi connectivity index (χ0) is 25.7. The highest BCUT2D eigenvalue weighted by molar-refractivity contribution is 7.98. The number of fused-ring (bicyclic) bond motifs is 1. The van der Waals surface area contributed by atoms with Crippen molar-refractivity contribution in [1.29, 1.82) is 0 Å². The van der Waals surface area contributed by atoms with Gasteiger partial charge in [0, 0.05) is 74.6 Å². The molecule has 0 aliphatic carbocycles. The second kappa shape index (κ2) is 11.8. The summed E-state index contributed by atoms with van der Waals surface area (Å²) in [6.45, 7) is 1.22. The van der Waals surface area contributed by atoms with E-state index in [0.717, 1.165) is 30.7 Å². The summed E-state index contributed by atoms with van der Waals surface area (Å²) in [7, 11) is 5.51. The highest BCUT2D eigenvalue weighted by Crippen LogP contribution is 2.28. The zero-order valence-electron chi connectivity index (χ0n) is 20.7. The average Bonchev–Trinajstić information content (AvgIpc) is 2.86. The van der Waals surface area contributed by atoms with Gasteiger partial charge in [0.05, 0.1) is 12.1 Å². The van der Waals surface area contributed by atoms with E-state index >= 15 is 4.39 Å². The largest absolute Gasteiger partial charge is 0.422 e. The molecule has 3 aromatic rings. The maximum atomic E-state index is 15.2. The summed E-state index contributed by atoms with van der Waals surface area (Å²) in [4.78, 5) is 28.2. The van der Waals surface area contributed by atoms with Gasteiger partial charge in [-0.3, -0.25) is 4.79 Å². The molecule has 0 saturated carbocycles. The molecular formula is C26H31FN4O4S. The van der Waals surface area contributed by atoms with Gasteiger partial charge in [0.2, 0.25) is 5.91 Å². The van der Waals surface area contributed by atoms with Crippen LogP contribution >= 0.6 is 12.1 Å². The molecule has 1 aromatic heterocycles. The molecule has 10 heteroatoms. The van der Waals surface area contributed by atoms with Gasteiger partial charge in [-0.25, -0.2) is 13.9 Å². The lowest BCUT2D eigenvalue weighted by Gasteiger charge is -2.23. The summed E-state index contributed by atoms with van der Waals surface area (Å²) in [5, 5.41) is 3.73. The minimum absolute atomic E-state index is 0.000833. The van der Waals surface area contributed by atoms with E-state index in [9.17, 15) is 9.59 Å². The van der Waals surface area contributed by atoms with E-state index in [4.69, 9.17) is 9.15 Å². The Morgan fingerprint density at radius 3 is 2.67 bits per heavy atom. The molecule has 0 radical (unpaired) electrons. The minimum Gasteiger partial charge on any atom is -0.422 e. The monoisotopic (exact) mass is 514 g/mol. The van der Waals surface area contributed by atoms with Crippen molar-refractivity contribution in [1.82, 2.24) is 10.0 Å². The Kier molecular flexibility index (Phi) is 8.50. The van der Waals surface area contributed by atoms with Crippen LogP contribution in [0.15, 0.2) is 45.6 Å². The fourth-order valence-corrected chi connectivity index (χ4v) is 4.69. The van der Waals surface area contributed by atoms with Crippen LogP contribution in [0.1, 0.15) is 29.5 Å². The quantitative estimate of drug-likeness (QED) is 0.294. The van der Waals surface area contributed by atoms with Crippen molar-refractivity contribution < 1.29 is 18.3 Å². The van der Waals surface area contributed by atoms with Crippen LogP contribution in [-0.2, 0) is 22.4 Å². The van der Waals surface area contributed by atoms with Crippen LogP contribution in [0.2, 0.25) is 0 Å². The van der Waals surface area contributed by atoms with Crippen LogP contribution in [0.5, 0.6) is 0 Å². The molecule has 1 amide bonds. The fraction of sp³-hybridized carbons (Fsp3) is 0.385. The van der Waals surface area contributed by atoms with E-state index in [1.54, 1.807) is 31.3 Å². The second-order valence-electron chi connectivity index (χ2n) is 8.92. The molecule has 192 valence electrons. The third kappa shape index (κ3) is 6.00. The number of anilines is 2. The smallest absolute Gasteiger partial charge is 0.340 e. The standard InChI is InChI=1S/C26H31FN4O4S/c1-28-36-30-22-6-4-5-16(25(22)27)13-21-20(15-24(32)29-17-9-11-34-12-10-17)19-8-7-18(31(2)3)14-23(19)35-26(21)33/h4-8,14,17,28,30H,9-13,15H2,1-3H3,(H,29,32). The third-order valence-corrected chi connectivity index (χ3v) is 6.78. The van der Waals surface area contributed by atoms with E-state index < -0.39 is 11.4 Å². The van der Waals surface area contributed by atoms with Crippen molar-refractivity contribution in [3.8, 4) is 0 Å². The molecule has 0 spiro atoms. The normalized spacial score (nSPS) is 14.1. The van der Waals surface area contributed by atoms with Crippen LogP contribution in [0, 0.1) is 5.82 Å². The molecule has 0 atom stereocenters. The van der Waals surface area contributed by atoms with E-state index in [2.05, 4.69) is 14.8 Å². The predicted octanol–water partition coefficient (Wildman–Crippen LogP) is 3.62. The number of hydrogen-bond acceptors (Lipinski definition) is 8. The van der Waals surface area contributed by atoms with Gasteiger partial charge in [0.1, 0.15) is 5.58 Å². The third-order valence-electron chi connectivity index (χ3n) is 6.25. The van der Waals surface area contributed by atoms with E-state index in [1.807, 2.05) is 31.1 Å². The Balaban J connectivity index is 1.74. The topological polar surface area (TPSA) is 95.8 Å². The molecular weight excluding hydrogens is 483 g/mol. The first-order valence-corrected chi connectivity index (χ1v) is 12.7. The summed E-state index contributed by atoms with van der Waals surface area (Å²) in [5.41, 5.74) is 2.14. The lowest BCUT2D eigenvalue weighted by Crippen LogP contribution is -2.40. The Morgan fingerprint density at radius 2 is 1.94 bits per heavy atom. The molecule has 3 N–H and O–H groups in total. The first-order chi connectivity index (χ1) is 17.4. The Labute approximate surface area is 213 Å².